The van der Waals surface area contributed by atoms with Crippen molar-refractivity contribution in [1.82, 2.24) is 20.3 Å². The Morgan fingerprint density at radius 2 is 1.97 bits per heavy atom. The molecule has 1 aliphatic heterocycles. The highest BCUT2D eigenvalue weighted by molar-refractivity contribution is 5.91. The molecule has 0 bridgehead atoms. The van der Waals surface area contributed by atoms with Gasteiger partial charge in [-0.2, -0.15) is 0 Å². The van der Waals surface area contributed by atoms with Crippen LogP contribution in [0.25, 0.3) is 10.9 Å². The van der Waals surface area contributed by atoms with Gasteiger partial charge in [0.15, 0.2) is 0 Å². The summed E-state index contributed by atoms with van der Waals surface area (Å²) in [6, 6.07) is 17.3. The van der Waals surface area contributed by atoms with Crippen molar-refractivity contribution in [3.8, 4) is 23.5 Å². The normalized spacial score (nSPS) is 17.6. The number of piperidine rings is 1. The topological polar surface area (TPSA) is 92.2 Å². The summed E-state index contributed by atoms with van der Waals surface area (Å²) in [6.45, 7) is 3.35. The molecule has 1 fully saturated rings. The van der Waals surface area contributed by atoms with Gasteiger partial charge in [-0.1, -0.05) is 30.0 Å². The predicted molar refractivity (Wildman–Crippen MR) is 132 cm³/mol. The van der Waals surface area contributed by atoms with E-state index in [-0.39, 0.29) is 0 Å². The fraction of sp³-hybridized carbons (Fsp3) is 0.222. The molecule has 0 aliphatic carbocycles. The number of hydrogen-bond acceptors (Lipinski definition) is 7. The van der Waals surface area contributed by atoms with Gasteiger partial charge in [-0.3, -0.25) is 0 Å². The van der Waals surface area contributed by atoms with Gasteiger partial charge in [-0.25, -0.2) is 15.0 Å². The van der Waals surface area contributed by atoms with E-state index in [9.17, 15) is 5.11 Å². The molecule has 2 aromatic heterocycles. The van der Waals surface area contributed by atoms with Gasteiger partial charge < -0.3 is 20.5 Å². The summed E-state index contributed by atoms with van der Waals surface area (Å²) in [4.78, 5) is 13.3. The summed E-state index contributed by atoms with van der Waals surface area (Å²) < 4.78 is 5.88. The number of pyridine rings is 1. The maximum absolute atomic E-state index is 10.6. The van der Waals surface area contributed by atoms with E-state index < -0.39 is 5.60 Å². The Kier molecular flexibility index (Phi) is 6.09. The van der Waals surface area contributed by atoms with Crippen LogP contribution in [0.5, 0.6) is 11.6 Å². The maximum Gasteiger partial charge on any atom is 0.222 e. The molecule has 1 atom stereocenters. The molecule has 0 radical (unpaired) electrons. The lowest BCUT2D eigenvalue weighted by atomic mass is 9.94. The first-order valence-corrected chi connectivity index (χ1v) is 11.3. The summed E-state index contributed by atoms with van der Waals surface area (Å²) >= 11 is 0. The number of ether oxygens (including phenoxy) is 1. The van der Waals surface area contributed by atoms with Gasteiger partial charge >= 0.3 is 0 Å². The Bertz CT molecular complexity index is 1370. The number of nitrogens with zero attached hydrogens (tertiary/aromatic N) is 3. The van der Waals surface area contributed by atoms with Crippen LogP contribution < -0.4 is 15.4 Å². The molecule has 5 rings (SSSR count). The van der Waals surface area contributed by atoms with E-state index in [4.69, 9.17) is 4.74 Å². The monoisotopic (exact) mass is 451 g/mol. The first kappa shape index (κ1) is 21.8. The van der Waals surface area contributed by atoms with Crippen LogP contribution in [-0.2, 0) is 0 Å². The van der Waals surface area contributed by atoms with Crippen molar-refractivity contribution < 1.29 is 9.84 Å². The number of nitrogens with one attached hydrogen (secondary N) is 2. The Morgan fingerprint density at radius 3 is 2.76 bits per heavy atom. The number of β-amino-alcohol motifs (C(OH)–C–C–N with tert-alkyl or cyclic N) is 1. The number of hydrogen-bond donors (Lipinski definition) is 3. The molecule has 1 aliphatic rings. The number of anilines is 2. The minimum Gasteiger partial charge on any atom is -0.439 e. The molecule has 34 heavy (non-hydrogen) atoms. The van der Waals surface area contributed by atoms with E-state index in [0.717, 1.165) is 46.4 Å². The quantitative estimate of drug-likeness (QED) is 0.398. The lowest BCUT2D eigenvalue weighted by Crippen LogP contribution is -2.44. The third kappa shape index (κ3) is 4.99. The van der Waals surface area contributed by atoms with Crippen LogP contribution in [0, 0.1) is 18.8 Å². The van der Waals surface area contributed by atoms with Crippen LogP contribution in [0.3, 0.4) is 0 Å². The highest BCUT2D eigenvalue weighted by Gasteiger charge is 2.26. The fourth-order valence-corrected chi connectivity index (χ4v) is 3.89. The van der Waals surface area contributed by atoms with Crippen molar-refractivity contribution >= 4 is 22.4 Å². The number of fused-ring (bicyclic) bond motifs is 1. The first-order chi connectivity index (χ1) is 16.6. The zero-order valence-electron chi connectivity index (χ0n) is 18.9. The molecule has 0 amide bonds. The zero-order valence-corrected chi connectivity index (χ0v) is 18.9. The zero-order chi connectivity index (χ0) is 23.4. The summed E-state index contributed by atoms with van der Waals surface area (Å²) in [7, 11) is 0. The second kappa shape index (κ2) is 9.48. The molecule has 7 nitrogen and oxygen atoms in total. The molecule has 2 aromatic carbocycles. The van der Waals surface area contributed by atoms with Crippen LogP contribution in [0.4, 0.5) is 11.5 Å². The molecule has 4 aromatic rings. The van der Waals surface area contributed by atoms with E-state index in [1.54, 1.807) is 6.20 Å². The lowest BCUT2D eigenvalue weighted by Gasteiger charge is -2.27. The molecular formula is C27H25N5O2. The van der Waals surface area contributed by atoms with E-state index in [2.05, 4.69) is 37.4 Å². The highest BCUT2D eigenvalue weighted by Crippen LogP contribution is 2.28. The second-order valence-electron chi connectivity index (χ2n) is 8.40. The van der Waals surface area contributed by atoms with Crippen molar-refractivity contribution in [2.75, 3.05) is 18.4 Å². The largest absolute Gasteiger partial charge is 0.439 e. The fourth-order valence-electron chi connectivity index (χ4n) is 3.89. The van der Waals surface area contributed by atoms with Crippen molar-refractivity contribution in [2.45, 2.75) is 25.4 Å². The minimum absolute atomic E-state index is 0.486. The number of aromatic nitrogens is 3. The van der Waals surface area contributed by atoms with Gasteiger partial charge in [-0.05, 0) is 62.7 Å². The standard InChI is InChI=1S/C27H25N5O2/c1-19-14-21(16-29-26(19)34-22-6-3-2-4-7-22)32-25-23-15-20(8-9-24(23)30-18-31-25)10-12-27(33)11-5-13-28-17-27/h2-4,6-9,14-16,18,28,33H,5,11,13,17H2,1H3,(H,30,31,32). The van der Waals surface area contributed by atoms with Crippen LogP contribution in [0.2, 0.25) is 0 Å². The SMILES string of the molecule is Cc1cc(Nc2ncnc3ccc(C#CC4(O)CCCNC4)cc23)cnc1Oc1ccccc1. The molecule has 0 spiro atoms. The van der Waals surface area contributed by atoms with Gasteiger partial charge in [0.25, 0.3) is 0 Å². The van der Waals surface area contributed by atoms with Crippen molar-refractivity contribution in [3.05, 3.63) is 78.2 Å². The molecule has 0 saturated carbocycles. The number of aliphatic hydroxyl groups is 1. The van der Waals surface area contributed by atoms with Gasteiger partial charge in [0.1, 0.15) is 23.5 Å². The Balaban J connectivity index is 1.39. The first-order valence-electron chi connectivity index (χ1n) is 11.3. The van der Waals surface area contributed by atoms with E-state index >= 15 is 0 Å². The predicted octanol–water partition coefficient (Wildman–Crippen LogP) is 4.34. The van der Waals surface area contributed by atoms with Gasteiger partial charge in [0.05, 0.1) is 17.4 Å². The van der Waals surface area contributed by atoms with Crippen molar-refractivity contribution in [1.29, 1.82) is 0 Å². The summed E-state index contributed by atoms with van der Waals surface area (Å²) in [5.74, 6) is 8.11. The molecule has 170 valence electrons. The lowest BCUT2D eigenvalue weighted by molar-refractivity contribution is 0.0736. The van der Waals surface area contributed by atoms with E-state index in [0.29, 0.717) is 24.7 Å². The van der Waals surface area contributed by atoms with Crippen LogP contribution in [-0.4, -0.2) is 38.7 Å². The number of aryl methyl sites for hydroxylation is 1. The van der Waals surface area contributed by atoms with E-state index in [1.807, 2.05) is 61.5 Å². The van der Waals surface area contributed by atoms with E-state index in [1.165, 1.54) is 6.33 Å². The van der Waals surface area contributed by atoms with Crippen LogP contribution >= 0.6 is 0 Å². The Labute approximate surface area is 198 Å². The summed E-state index contributed by atoms with van der Waals surface area (Å²) in [6.07, 6.45) is 4.83. The third-order valence-electron chi connectivity index (χ3n) is 5.69. The average Bonchev–Trinajstić information content (AvgIpc) is 2.86. The van der Waals surface area contributed by atoms with Crippen LogP contribution in [0.15, 0.2) is 67.1 Å². The van der Waals surface area contributed by atoms with Crippen molar-refractivity contribution in [3.63, 3.8) is 0 Å². The minimum atomic E-state index is -0.992. The molecule has 1 saturated heterocycles. The summed E-state index contributed by atoms with van der Waals surface area (Å²) in [5.41, 5.74) is 2.29. The maximum atomic E-state index is 10.6. The summed E-state index contributed by atoms with van der Waals surface area (Å²) in [5, 5.41) is 18.0. The molecule has 3 heterocycles. The molecule has 3 N–H and O–H groups in total. The number of para-hydroxylation sites is 1. The van der Waals surface area contributed by atoms with Gasteiger partial charge in [-0.15, -0.1) is 0 Å². The molecule has 1 unspecified atom stereocenters. The smallest absolute Gasteiger partial charge is 0.222 e. The highest BCUT2D eigenvalue weighted by atomic mass is 16.5. The second-order valence-corrected chi connectivity index (χ2v) is 8.40. The average molecular weight is 452 g/mol. The van der Waals surface area contributed by atoms with Crippen LogP contribution in [0.1, 0.15) is 24.0 Å². The Morgan fingerprint density at radius 1 is 1.09 bits per heavy atom. The third-order valence-corrected chi connectivity index (χ3v) is 5.69. The number of rotatable bonds is 4. The van der Waals surface area contributed by atoms with Crippen molar-refractivity contribution in [2.24, 2.45) is 0 Å². The van der Waals surface area contributed by atoms with Gasteiger partial charge in [0.2, 0.25) is 5.88 Å². The Hall–Kier alpha value is -3.99. The number of benzene rings is 2. The molecule has 7 heteroatoms. The molecular weight excluding hydrogens is 426 g/mol. The van der Waals surface area contributed by atoms with Gasteiger partial charge in [0, 0.05) is 23.1 Å².